The standard InChI is InChI=1S/C31H34N4O6S/c1-31(2,3)21-16-25(28(40-4)26(17-21)35-42(5,38)39)34-30(37)33-24-13-14-27(23-12-7-6-11-22(23)24)41-18-19-9-8-10-20(15-19)29(32)36/h6-17,35H,18H2,1-5H3,(H2,32,36)(H2,33,34,37). The van der Waals surface area contributed by atoms with Crippen molar-refractivity contribution in [3.8, 4) is 11.5 Å². The topological polar surface area (TPSA) is 149 Å². The van der Waals surface area contributed by atoms with E-state index >= 15 is 0 Å². The van der Waals surface area contributed by atoms with Gasteiger partial charge in [-0.15, -0.1) is 0 Å². The fraction of sp³-hybridized carbons (Fsp3) is 0.226. The van der Waals surface area contributed by atoms with Gasteiger partial charge in [-0.25, -0.2) is 13.2 Å². The van der Waals surface area contributed by atoms with Crippen molar-refractivity contribution in [3.05, 3.63) is 89.5 Å². The molecule has 11 heteroatoms. The second-order valence-electron chi connectivity index (χ2n) is 10.8. The number of sulfonamides is 1. The molecule has 4 aromatic carbocycles. The smallest absolute Gasteiger partial charge is 0.323 e. The lowest BCUT2D eigenvalue weighted by molar-refractivity contribution is 0.1000. The summed E-state index contributed by atoms with van der Waals surface area (Å²) in [7, 11) is -2.21. The van der Waals surface area contributed by atoms with Crippen LogP contribution >= 0.6 is 0 Å². The van der Waals surface area contributed by atoms with Gasteiger partial charge in [0.15, 0.2) is 5.75 Å². The Morgan fingerprint density at radius 1 is 0.857 bits per heavy atom. The Labute approximate surface area is 245 Å². The molecule has 0 atom stereocenters. The van der Waals surface area contributed by atoms with E-state index in [-0.39, 0.29) is 23.5 Å². The number of fused-ring (bicyclic) bond motifs is 1. The van der Waals surface area contributed by atoms with E-state index in [1.807, 2.05) is 51.1 Å². The molecule has 4 aromatic rings. The van der Waals surface area contributed by atoms with Gasteiger partial charge in [0.1, 0.15) is 12.4 Å². The zero-order valence-corrected chi connectivity index (χ0v) is 24.9. The molecule has 0 heterocycles. The SMILES string of the molecule is COc1c(NC(=O)Nc2ccc(OCc3cccc(C(N)=O)c3)c3ccccc23)cc(C(C)(C)C)cc1NS(C)(=O)=O. The van der Waals surface area contributed by atoms with Gasteiger partial charge in [-0.1, -0.05) is 57.2 Å². The van der Waals surface area contributed by atoms with Crippen molar-refractivity contribution in [2.75, 3.05) is 28.7 Å². The highest BCUT2D eigenvalue weighted by atomic mass is 32.2. The summed E-state index contributed by atoms with van der Waals surface area (Å²) in [4.78, 5) is 24.8. The predicted molar refractivity (Wildman–Crippen MR) is 166 cm³/mol. The van der Waals surface area contributed by atoms with E-state index in [1.54, 1.807) is 42.5 Å². The van der Waals surface area contributed by atoms with E-state index in [0.717, 1.165) is 28.2 Å². The van der Waals surface area contributed by atoms with Crippen LogP contribution in [0, 0.1) is 0 Å². The molecule has 0 bridgehead atoms. The summed E-state index contributed by atoms with van der Waals surface area (Å²) in [6.45, 7) is 6.15. The van der Waals surface area contributed by atoms with Gasteiger partial charge in [0.2, 0.25) is 15.9 Å². The molecule has 3 amide bonds. The molecule has 0 saturated carbocycles. The molecule has 0 aliphatic carbocycles. The van der Waals surface area contributed by atoms with Crippen molar-refractivity contribution in [1.29, 1.82) is 0 Å². The summed E-state index contributed by atoms with van der Waals surface area (Å²) in [6, 6.07) is 20.8. The first-order valence-corrected chi connectivity index (χ1v) is 15.0. The van der Waals surface area contributed by atoms with E-state index in [2.05, 4.69) is 15.4 Å². The van der Waals surface area contributed by atoms with Crippen molar-refractivity contribution in [2.24, 2.45) is 5.73 Å². The van der Waals surface area contributed by atoms with Crippen LogP contribution < -0.4 is 30.6 Å². The third-order valence-electron chi connectivity index (χ3n) is 6.44. The lowest BCUT2D eigenvalue weighted by atomic mass is 9.86. The highest BCUT2D eigenvalue weighted by molar-refractivity contribution is 7.92. The van der Waals surface area contributed by atoms with Crippen molar-refractivity contribution in [3.63, 3.8) is 0 Å². The summed E-state index contributed by atoms with van der Waals surface area (Å²) < 4.78 is 38.1. The largest absolute Gasteiger partial charge is 0.492 e. The number of hydrogen-bond acceptors (Lipinski definition) is 6. The van der Waals surface area contributed by atoms with Crippen LogP contribution in [0.4, 0.5) is 21.9 Å². The van der Waals surface area contributed by atoms with Gasteiger partial charge in [-0.3, -0.25) is 9.52 Å². The van der Waals surface area contributed by atoms with Gasteiger partial charge in [-0.2, -0.15) is 0 Å². The number of amides is 3. The van der Waals surface area contributed by atoms with Gasteiger partial charge in [0, 0.05) is 16.3 Å². The lowest BCUT2D eigenvalue weighted by Gasteiger charge is -2.24. The van der Waals surface area contributed by atoms with E-state index in [0.29, 0.717) is 22.7 Å². The highest BCUT2D eigenvalue weighted by Crippen LogP contribution is 2.39. The Morgan fingerprint density at radius 2 is 1.52 bits per heavy atom. The summed E-state index contributed by atoms with van der Waals surface area (Å²) in [6.07, 6.45) is 1.05. The van der Waals surface area contributed by atoms with Crippen molar-refractivity contribution < 1.29 is 27.5 Å². The summed E-state index contributed by atoms with van der Waals surface area (Å²) in [5.74, 6) is 0.260. The number of urea groups is 1. The molecule has 0 spiro atoms. The monoisotopic (exact) mass is 590 g/mol. The van der Waals surface area contributed by atoms with E-state index < -0.39 is 22.0 Å². The first kappa shape index (κ1) is 30.2. The van der Waals surface area contributed by atoms with Crippen molar-refractivity contribution >= 4 is 49.8 Å². The molecule has 0 fully saturated rings. The molecule has 5 N–H and O–H groups in total. The first-order valence-electron chi connectivity index (χ1n) is 13.1. The van der Waals surface area contributed by atoms with Crippen LogP contribution in [0.5, 0.6) is 11.5 Å². The van der Waals surface area contributed by atoms with Crippen molar-refractivity contribution in [1.82, 2.24) is 0 Å². The van der Waals surface area contributed by atoms with E-state index in [4.69, 9.17) is 15.2 Å². The normalized spacial score (nSPS) is 11.5. The molecular weight excluding hydrogens is 556 g/mol. The minimum absolute atomic E-state index is 0.178. The molecule has 220 valence electrons. The molecular formula is C31H34N4O6S. The number of hydrogen-bond donors (Lipinski definition) is 4. The zero-order valence-electron chi connectivity index (χ0n) is 24.1. The van der Waals surface area contributed by atoms with Crippen LogP contribution in [-0.2, 0) is 22.0 Å². The summed E-state index contributed by atoms with van der Waals surface area (Å²) in [5, 5.41) is 7.20. The van der Waals surface area contributed by atoms with Gasteiger partial charge in [0.05, 0.1) is 30.4 Å². The third kappa shape index (κ3) is 7.29. The number of nitrogens with two attached hydrogens (primary N) is 1. The predicted octanol–water partition coefficient (Wildman–Crippen LogP) is 5.84. The maximum atomic E-state index is 13.2. The zero-order chi connectivity index (χ0) is 30.7. The molecule has 42 heavy (non-hydrogen) atoms. The second kappa shape index (κ2) is 12.0. The maximum Gasteiger partial charge on any atom is 0.323 e. The van der Waals surface area contributed by atoms with Gasteiger partial charge in [-0.05, 0) is 52.9 Å². The van der Waals surface area contributed by atoms with Crippen LogP contribution in [0.15, 0.2) is 72.8 Å². The number of carbonyl (C=O) groups excluding carboxylic acids is 2. The number of carbonyl (C=O) groups is 2. The number of benzene rings is 4. The molecule has 0 aliphatic heterocycles. The van der Waals surface area contributed by atoms with Crippen LogP contribution in [0.2, 0.25) is 0 Å². The number of rotatable bonds is 9. The summed E-state index contributed by atoms with van der Waals surface area (Å²) in [5.41, 5.74) is 8.07. The minimum Gasteiger partial charge on any atom is -0.492 e. The first-order chi connectivity index (χ1) is 19.7. The van der Waals surface area contributed by atoms with Crippen LogP contribution in [0.3, 0.4) is 0 Å². The average molecular weight is 591 g/mol. The van der Waals surface area contributed by atoms with E-state index in [9.17, 15) is 18.0 Å². The number of methoxy groups -OCH3 is 1. The number of primary amides is 1. The number of nitrogens with one attached hydrogen (secondary N) is 3. The van der Waals surface area contributed by atoms with E-state index in [1.165, 1.54) is 7.11 Å². The molecule has 0 radical (unpaired) electrons. The molecule has 0 saturated heterocycles. The molecule has 0 aromatic heterocycles. The highest BCUT2D eigenvalue weighted by Gasteiger charge is 2.22. The third-order valence-corrected chi connectivity index (χ3v) is 7.03. The fourth-order valence-electron chi connectivity index (χ4n) is 4.41. The van der Waals surface area contributed by atoms with Crippen LogP contribution in [0.25, 0.3) is 10.8 Å². The Kier molecular flexibility index (Phi) is 8.62. The van der Waals surface area contributed by atoms with Gasteiger partial charge >= 0.3 is 6.03 Å². The minimum atomic E-state index is -3.61. The Balaban J connectivity index is 1.61. The molecule has 10 nitrogen and oxygen atoms in total. The molecule has 0 unspecified atom stereocenters. The van der Waals surface area contributed by atoms with Crippen LogP contribution in [0.1, 0.15) is 42.3 Å². The van der Waals surface area contributed by atoms with Crippen molar-refractivity contribution in [2.45, 2.75) is 32.8 Å². The number of ether oxygens (including phenoxy) is 2. The average Bonchev–Trinajstić information content (AvgIpc) is 2.91. The van der Waals surface area contributed by atoms with Gasteiger partial charge < -0.3 is 25.8 Å². The summed E-state index contributed by atoms with van der Waals surface area (Å²) >= 11 is 0. The number of anilines is 3. The van der Waals surface area contributed by atoms with Crippen LogP contribution in [-0.4, -0.2) is 33.7 Å². The molecule has 0 aliphatic rings. The lowest BCUT2D eigenvalue weighted by Crippen LogP contribution is -2.22. The molecule has 4 rings (SSSR count). The second-order valence-corrected chi connectivity index (χ2v) is 12.6. The Bertz CT molecular complexity index is 1760. The maximum absolute atomic E-state index is 13.2. The Hall–Kier alpha value is -4.77. The quantitative estimate of drug-likeness (QED) is 0.192. The fourth-order valence-corrected chi connectivity index (χ4v) is 4.96. The van der Waals surface area contributed by atoms with Gasteiger partial charge in [0.25, 0.3) is 0 Å². The Morgan fingerprint density at radius 3 is 2.17 bits per heavy atom.